The molecule has 0 fully saturated rings. The van der Waals surface area contributed by atoms with Crippen molar-refractivity contribution in [2.45, 2.75) is 117 Å². The summed E-state index contributed by atoms with van der Waals surface area (Å²) in [6.45, 7) is 28.0. The summed E-state index contributed by atoms with van der Waals surface area (Å²) < 4.78 is 0. The van der Waals surface area contributed by atoms with Gasteiger partial charge in [0.2, 0.25) is 0 Å². The third-order valence-corrected chi connectivity index (χ3v) is 19.5. The molecule has 0 aliphatic carbocycles. The van der Waals surface area contributed by atoms with Crippen LogP contribution in [0.15, 0.2) is 285 Å². The molecule has 0 saturated heterocycles. The first-order valence-electron chi connectivity index (χ1n) is 32.0. The Bertz CT molecular complexity index is 4210. The standard InChI is InChI=1S/C87H86N2/c1-61(60-83(2,3)4)62-36-38-63(39-37-62)64-40-42-68(43-41-64)87(11,12)72-50-58-76(59-51-72)89(75-56-48-71(49-57-75)86(9,10)67-30-20-15-21-31-67)82-79-34-24-22-32-77(79)81(78-33-23-25-35-80(78)82)88(73-52-44-69(45-53-73)84(5,6)65-26-16-13-17-27-65)74-54-46-70(47-55-74)85(7,8)66-28-18-14-19-29-66/h13-59,61H,60H2,1-12H3. The Labute approximate surface area is 531 Å². The zero-order valence-electron chi connectivity index (χ0n) is 54.3. The van der Waals surface area contributed by atoms with Crippen LogP contribution in [0, 0.1) is 5.41 Å². The van der Waals surface area contributed by atoms with Gasteiger partial charge in [0.05, 0.1) is 11.4 Å². The number of hydrogen-bond acceptors (Lipinski definition) is 2. The van der Waals surface area contributed by atoms with Gasteiger partial charge in [0, 0.05) is 66.0 Å². The minimum atomic E-state index is -0.270. The predicted octanol–water partition coefficient (Wildman–Crippen LogP) is 24.4. The van der Waals surface area contributed by atoms with Crippen LogP contribution in [-0.4, -0.2) is 0 Å². The fraction of sp³-hybridized carbons (Fsp3) is 0.218. The zero-order chi connectivity index (χ0) is 62.3. The lowest BCUT2D eigenvalue weighted by Gasteiger charge is -2.34. The van der Waals surface area contributed by atoms with Gasteiger partial charge in [-0.2, -0.15) is 0 Å². The summed E-state index contributed by atoms with van der Waals surface area (Å²) in [7, 11) is 0. The van der Waals surface area contributed by atoms with E-state index in [-0.39, 0.29) is 21.7 Å². The van der Waals surface area contributed by atoms with E-state index in [2.05, 4.69) is 378 Å². The second-order valence-corrected chi connectivity index (χ2v) is 28.1. The molecule has 0 spiro atoms. The maximum atomic E-state index is 2.51. The highest BCUT2D eigenvalue weighted by atomic mass is 15.2. The van der Waals surface area contributed by atoms with E-state index in [0.717, 1.165) is 62.1 Å². The van der Waals surface area contributed by atoms with E-state index in [1.54, 1.807) is 0 Å². The first kappa shape index (κ1) is 60.1. The van der Waals surface area contributed by atoms with Crippen LogP contribution in [-0.2, 0) is 21.7 Å². The van der Waals surface area contributed by atoms with Crippen molar-refractivity contribution in [2.75, 3.05) is 9.80 Å². The van der Waals surface area contributed by atoms with Gasteiger partial charge in [0.15, 0.2) is 0 Å². The van der Waals surface area contributed by atoms with Crippen molar-refractivity contribution < 1.29 is 0 Å². The van der Waals surface area contributed by atoms with Gasteiger partial charge in [-0.1, -0.05) is 320 Å². The molecule has 0 radical (unpaired) electrons. The molecule has 12 aromatic rings. The average molecular weight is 1160 g/mol. The van der Waals surface area contributed by atoms with Crippen LogP contribution in [0.1, 0.15) is 145 Å². The Balaban J connectivity index is 0.993. The predicted molar refractivity (Wildman–Crippen MR) is 383 cm³/mol. The summed E-state index contributed by atoms with van der Waals surface area (Å²) in [5, 5.41) is 4.62. The molecular weight excluding hydrogens is 1070 g/mol. The van der Waals surface area contributed by atoms with E-state index in [0.29, 0.717) is 11.3 Å². The van der Waals surface area contributed by atoms with E-state index in [1.165, 1.54) is 61.2 Å². The van der Waals surface area contributed by atoms with E-state index < -0.39 is 0 Å². The first-order chi connectivity index (χ1) is 42.7. The molecular formula is C87H86N2. The smallest absolute Gasteiger partial charge is 0.0619 e. The minimum absolute atomic E-state index is 0.201. The normalized spacial score (nSPS) is 12.7. The van der Waals surface area contributed by atoms with E-state index in [1.807, 2.05) is 0 Å². The van der Waals surface area contributed by atoms with Crippen molar-refractivity contribution >= 4 is 55.7 Å². The van der Waals surface area contributed by atoms with Crippen LogP contribution in [0.4, 0.5) is 34.1 Å². The van der Waals surface area contributed by atoms with E-state index in [9.17, 15) is 0 Å². The fourth-order valence-corrected chi connectivity index (χ4v) is 13.8. The van der Waals surface area contributed by atoms with Gasteiger partial charge in [0.25, 0.3) is 0 Å². The van der Waals surface area contributed by atoms with Crippen LogP contribution < -0.4 is 9.80 Å². The number of fused-ring (bicyclic) bond motifs is 2. The van der Waals surface area contributed by atoms with Gasteiger partial charge in [-0.3, -0.25) is 0 Å². The van der Waals surface area contributed by atoms with E-state index >= 15 is 0 Å². The van der Waals surface area contributed by atoms with Crippen LogP contribution in [0.2, 0.25) is 0 Å². The molecule has 2 heteroatoms. The molecule has 12 aromatic carbocycles. The second-order valence-electron chi connectivity index (χ2n) is 28.1. The Hall–Kier alpha value is -9.24. The van der Waals surface area contributed by atoms with Crippen molar-refractivity contribution in [1.82, 2.24) is 0 Å². The number of benzene rings is 12. The number of rotatable bonds is 17. The summed E-state index contributed by atoms with van der Waals surface area (Å²) in [5.74, 6) is 0.514. The highest BCUT2D eigenvalue weighted by molar-refractivity contribution is 6.23. The molecule has 0 bridgehead atoms. The first-order valence-corrected chi connectivity index (χ1v) is 32.0. The van der Waals surface area contributed by atoms with Gasteiger partial charge < -0.3 is 9.80 Å². The van der Waals surface area contributed by atoms with Gasteiger partial charge in [-0.05, 0) is 127 Å². The van der Waals surface area contributed by atoms with Crippen LogP contribution in [0.3, 0.4) is 0 Å². The molecule has 444 valence electrons. The number of anilines is 6. The van der Waals surface area contributed by atoms with Crippen LogP contribution in [0.5, 0.6) is 0 Å². The quantitative estimate of drug-likeness (QED) is 0.0662. The van der Waals surface area contributed by atoms with Crippen molar-refractivity contribution in [2.24, 2.45) is 5.41 Å². The molecule has 89 heavy (non-hydrogen) atoms. The van der Waals surface area contributed by atoms with Gasteiger partial charge in [-0.15, -0.1) is 0 Å². The summed E-state index contributed by atoms with van der Waals surface area (Å²) in [6, 6.07) is 107. The Kier molecular flexibility index (Phi) is 16.2. The molecule has 0 heterocycles. The highest BCUT2D eigenvalue weighted by Crippen LogP contribution is 2.52. The summed E-state index contributed by atoms with van der Waals surface area (Å²) in [6.07, 6.45) is 1.16. The fourth-order valence-electron chi connectivity index (χ4n) is 13.8. The average Bonchev–Trinajstić information content (AvgIpc) is 1.02. The Morgan fingerprint density at radius 1 is 0.247 bits per heavy atom. The lowest BCUT2D eigenvalue weighted by atomic mass is 9.77. The summed E-state index contributed by atoms with van der Waals surface area (Å²) >= 11 is 0. The molecule has 0 aliphatic heterocycles. The molecule has 2 nitrogen and oxygen atoms in total. The molecule has 0 aliphatic rings. The third-order valence-electron chi connectivity index (χ3n) is 19.5. The topological polar surface area (TPSA) is 6.48 Å². The molecule has 1 unspecified atom stereocenters. The minimum Gasteiger partial charge on any atom is -0.309 e. The molecule has 0 amide bonds. The molecule has 12 rings (SSSR count). The maximum Gasteiger partial charge on any atom is 0.0619 e. The van der Waals surface area contributed by atoms with Crippen molar-refractivity contribution in [1.29, 1.82) is 0 Å². The number of nitrogens with zero attached hydrogens (tertiary/aromatic N) is 2. The Morgan fingerprint density at radius 3 is 0.708 bits per heavy atom. The third kappa shape index (κ3) is 11.9. The van der Waals surface area contributed by atoms with Crippen molar-refractivity contribution in [3.8, 4) is 11.1 Å². The van der Waals surface area contributed by atoms with E-state index in [4.69, 9.17) is 0 Å². The molecule has 0 aromatic heterocycles. The number of hydrogen-bond donors (Lipinski definition) is 0. The summed E-state index contributed by atoms with van der Waals surface area (Å²) in [4.78, 5) is 5.02. The monoisotopic (exact) mass is 1160 g/mol. The van der Waals surface area contributed by atoms with Gasteiger partial charge >= 0.3 is 0 Å². The van der Waals surface area contributed by atoms with Crippen LogP contribution in [0.25, 0.3) is 32.7 Å². The van der Waals surface area contributed by atoms with Crippen molar-refractivity contribution in [3.05, 3.63) is 335 Å². The second kappa shape index (κ2) is 24.0. The highest BCUT2D eigenvalue weighted by Gasteiger charge is 2.31. The van der Waals surface area contributed by atoms with Gasteiger partial charge in [0.1, 0.15) is 0 Å². The van der Waals surface area contributed by atoms with Crippen molar-refractivity contribution in [3.63, 3.8) is 0 Å². The lowest BCUT2D eigenvalue weighted by Crippen LogP contribution is -2.20. The maximum absolute atomic E-state index is 2.51. The molecule has 1 atom stereocenters. The molecule has 0 saturated carbocycles. The SMILES string of the molecule is CC(CC(C)(C)C)c1ccc(-c2ccc(C(C)(C)c3ccc(N(c4ccc(C(C)(C)c5ccccc5)cc4)c4c5ccccc5c(N(c5ccc(C(C)(C)c6ccccc6)cc5)c5ccc(C(C)(C)c6ccccc6)cc5)c5ccccc45)cc3)cc2)cc1. The zero-order valence-corrected chi connectivity index (χ0v) is 54.3. The molecule has 0 N–H and O–H groups in total. The van der Waals surface area contributed by atoms with Crippen LogP contribution >= 0.6 is 0 Å². The summed E-state index contributed by atoms with van der Waals surface area (Å²) in [5.41, 5.74) is 20.1. The van der Waals surface area contributed by atoms with Gasteiger partial charge in [-0.25, -0.2) is 0 Å². The Morgan fingerprint density at radius 2 is 0.461 bits per heavy atom. The largest absolute Gasteiger partial charge is 0.309 e. The lowest BCUT2D eigenvalue weighted by molar-refractivity contribution is 0.349.